The highest BCUT2D eigenvalue weighted by Gasteiger charge is 2.20. The van der Waals surface area contributed by atoms with Crippen molar-refractivity contribution in [2.24, 2.45) is 0 Å². The molecular weight excluding hydrogens is 345 g/mol. The summed E-state index contributed by atoms with van der Waals surface area (Å²) in [6, 6.07) is 5.03. The molecule has 2 aromatic heterocycles. The van der Waals surface area contributed by atoms with Crippen molar-refractivity contribution in [3.8, 4) is 5.95 Å². The van der Waals surface area contributed by atoms with Crippen molar-refractivity contribution in [1.29, 1.82) is 0 Å². The fourth-order valence-corrected chi connectivity index (χ4v) is 3.79. The zero-order valence-electron chi connectivity index (χ0n) is 16.0. The molecule has 0 amide bonds. The zero-order valence-corrected chi connectivity index (χ0v) is 16.0. The largest absolute Gasteiger partial charge is 0.337 e. The second kappa shape index (κ2) is 7.76. The number of nitrogens with zero attached hydrogens (tertiary/aromatic N) is 5. The normalized spacial score (nSPS) is 15.9. The number of aromatic nitrogens is 4. The molecule has 1 saturated heterocycles. The second-order valence-corrected chi connectivity index (χ2v) is 7.58. The van der Waals surface area contributed by atoms with Gasteiger partial charge in [0.25, 0.3) is 5.95 Å². The van der Waals surface area contributed by atoms with Gasteiger partial charge in [-0.25, -0.2) is 4.39 Å². The Morgan fingerprint density at radius 1 is 1.19 bits per heavy atom. The van der Waals surface area contributed by atoms with E-state index in [0.29, 0.717) is 17.4 Å². The molecule has 4 rings (SSSR count). The van der Waals surface area contributed by atoms with Crippen molar-refractivity contribution < 1.29 is 8.91 Å². The van der Waals surface area contributed by atoms with Crippen molar-refractivity contribution in [3.63, 3.8) is 0 Å². The Morgan fingerprint density at radius 3 is 2.78 bits per heavy atom. The van der Waals surface area contributed by atoms with Crippen LogP contribution in [-0.2, 0) is 6.42 Å². The molecule has 0 aliphatic carbocycles. The minimum absolute atomic E-state index is 0.173. The van der Waals surface area contributed by atoms with Gasteiger partial charge < -0.3 is 9.42 Å². The van der Waals surface area contributed by atoms with E-state index in [-0.39, 0.29) is 11.7 Å². The lowest BCUT2D eigenvalue weighted by atomic mass is 10.1. The first-order valence-electron chi connectivity index (χ1n) is 9.86. The SMILES string of the molecule is CC(C)c1nn(-c2noc(CCCN3CCCCC3)n2)c2c(F)cccc12. The first-order valence-corrected chi connectivity index (χ1v) is 9.86. The van der Waals surface area contributed by atoms with Crippen LogP contribution in [-0.4, -0.2) is 44.5 Å². The van der Waals surface area contributed by atoms with E-state index in [4.69, 9.17) is 4.52 Å². The van der Waals surface area contributed by atoms with Crippen LogP contribution in [0.15, 0.2) is 22.7 Å². The van der Waals surface area contributed by atoms with E-state index < -0.39 is 0 Å². The molecule has 7 heteroatoms. The van der Waals surface area contributed by atoms with Crippen molar-refractivity contribution in [2.75, 3.05) is 19.6 Å². The Labute approximate surface area is 158 Å². The van der Waals surface area contributed by atoms with Crippen molar-refractivity contribution in [1.82, 2.24) is 24.8 Å². The number of aryl methyl sites for hydroxylation is 1. The van der Waals surface area contributed by atoms with Gasteiger partial charge in [-0.15, -0.1) is 0 Å². The minimum atomic E-state index is -0.330. The summed E-state index contributed by atoms with van der Waals surface area (Å²) in [4.78, 5) is 6.96. The average Bonchev–Trinajstić information content (AvgIpc) is 3.28. The number of fused-ring (bicyclic) bond motifs is 1. The maximum Gasteiger partial charge on any atom is 0.291 e. The molecule has 1 aliphatic heterocycles. The molecule has 0 saturated carbocycles. The van der Waals surface area contributed by atoms with E-state index in [1.807, 2.05) is 19.9 Å². The molecule has 0 atom stereocenters. The monoisotopic (exact) mass is 371 g/mol. The molecule has 27 heavy (non-hydrogen) atoms. The third kappa shape index (κ3) is 3.74. The van der Waals surface area contributed by atoms with E-state index >= 15 is 0 Å². The summed E-state index contributed by atoms with van der Waals surface area (Å²) in [7, 11) is 0. The number of para-hydroxylation sites is 1. The lowest BCUT2D eigenvalue weighted by Crippen LogP contribution is -2.30. The second-order valence-electron chi connectivity index (χ2n) is 7.58. The summed E-state index contributed by atoms with van der Waals surface area (Å²) in [6.07, 6.45) is 5.63. The number of piperidine rings is 1. The van der Waals surface area contributed by atoms with Crippen LogP contribution in [0, 0.1) is 5.82 Å². The highest BCUT2D eigenvalue weighted by Crippen LogP contribution is 2.28. The first-order chi connectivity index (χ1) is 13.1. The van der Waals surface area contributed by atoms with Crippen LogP contribution in [0.1, 0.15) is 57.0 Å². The van der Waals surface area contributed by atoms with Gasteiger partial charge in [0.05, 0.1) is 5.69 Å². The van der Waals surface area contributed by atoms with E-state index in [9.17, 15) is 4.39 Å². The fourth-order valence-electron chi connectivity index (χ4n) is 3.79. The summed E-state index contributed by atoms with van der Waals surface area (Å²) in [6.45, 7) is 7.50. The smallest absolute Gasteiger partial charge is 0.291 e. The van der Waals surface area contributed by atoms with Gasteiger partial charge in [-0.1, -0.05) is 32.4 Å². The van der Waals surface area contributed by atoms with Crippen LogP contribution in [0.4, 0.5) is 4.39 Å². The van der Waals surface area contributed by atoms with E-state index in [1.54, 1.807) is 6.07 Å². The number of hydrogen-bond donors (Lipinski definition) is 0. The van der Waals surface area contributed by atoms with Crippen molar-refractivity contribution in [3.05, 3.63) is 35.6 Å². The summed E-state index contributed by atoms with van der Waals surface area (Å²) < 4.78 is 21.3. The molecule has 6 nitrogen and oxygen atoms in total. The molecule has 3 aromatic rings. The Hall–Kier alpha value is -2.28. The van der Waals surface area contributed by atoms with Crippen LogP contribution < -0.4 is 0 Å². The van der Waals surface area contributed by atoms with Crippen molar-refractivity contribution in [2.45, 2.75) is 51.9 Å². The standard InChI is InChI=1S/C20H26FN5O/c1-14(2)18-15-8-6-9-16(21)19(15)26(23-18)20-22-17(27-24-20)10-7-13-25-11-4-3-5-12-25/h6,8-9,14H,3-5,7,10-13H2,1-2H3. The summed E-state index contributed by atoms with van der Waals surface area (Å²) >= 11 is 0. The third-order valence-electron chi connectivity index (χ3n) is 5.19. The van der Waals surface area contributed by atoms with Gasteiger partial charge in [0.2, 0.25) is 5.89 Å². The lowest BCUT2D eigenvalue weighted by molar-refractivity contribution is 0.223. The molecule has 0 spiro atoms. The number of halogens is 1. The van der Waals surface area contributed by atoms with Crippen LogP contribution >= 0.6 is 0 Å². The molecule has 0 radical (unpaired) electrons. The summed E-state index contributed by atoms with van der Waals surface area (Å²) in [5.41, 5.74) is 1.24. The first kappa shape index (κ1) is 18.1. The number of likely N-dealkylation sites (tertiary alicyclic amines) is 1. The zero-order chi connectivity index (χ0) is 18.8. The minimum Gasteiger partial charge on any atom is -0.337 e. The van der Waals surface area contributed by atoms with Gasteiger partial charge in [-0.05, 0) is 56.0 Å². The lowest BCUT2D eigenvalue weighted by Gasteiger charge is -2.25. The van der Waals surface area contributed by atoms with Crippen molar-refractivity contribution >= 4 is 10.9 Å². The maximum absolute atomic E-state index is 14.5. The van der Waals surface area contributed by atoms with Crippen LogP contribution in [0.3, 0.4) is 0 Å². The Morgan fingerprint density at radius 2 is 2.00 bits per heavy atom. The van der Waals surface area contributed by atoms with Crippen LogP contribution in [0.2, 0.25) is 0 Å². The molecule has 3 heterocycles. The molecule has 1 aliphatic rings. The Balaban J connectivity index is 1.53. The molecule has 0 unspecified atom stereocenters. The number of benzene rings is 1. The predicted octanol–water partition coefficient (Wildman–Crippen LogP) is 4.09. The fraction of sp³-hybridized carbons (Fsp3) is 0.550. The van der Waals surface area contributed by atoms with E-state index in [2.05, 4.69) is 20.1 Å². The topological polar surface area (TPSA) is 60.0 Å². The maximum atomic E-state index is 14.5. The molecule has 1 fully saturated rings. The highest BCUT2D eigenvalue weighted by atomic mass is 19.1. The molecule has 1 aromatic carbocycles. The molecule has 0 bridgehead atoms. The highest BCUT2D eigenvalue weighted by molar-refractivity contribution is 5.84. The van der Waals surface area contributed by atoms with Gasteiger partial charge in [0, 0.05) is 11.8 Å². The predicted molar refractivity (Wildman–Crippen MR) is 102 cm³/mol. The van der Waals surface area contributed by atoms with Gasteiger partial charge in [0.15, 0.2) is 0 Å². The van der Waals surface area contributed by atoms with E-state index in [1.165, 1.54) is 43.1 Å². The van der Waals surface area contributed by atoms with Gasteiger partial charge in [-0.2, -0.15) is 14.8 Å². The van der Waals surface area contributed by atoms with Crippen LogP contribution in [0.25, 0.3) is 16.9 Å². The van der Waals surface area contributed by atoms with Gasteiger partial charge in [-0.3, -0.25) is 0 Å². The molecule has 0 N–H and O–H groups in total. The van der Waals surface area contributed by atoms with E-state index in [0.717, 1.165) is 30.5 Å². The Bertz CT molecular complexity index is 910. The quantitative estimate of drug-likeness (QED) is 0.653. The molecule has 144 valence electrons. The number of hydrogen-bond acceptors (Lipinski definition) is 5. The molecular formula is C20H26FN5O. The summed E-state index contributed by atoms with van der Waals surface area (Å²) in [5, 5.41) is 9.41. The average molecular weight is 371 g/mol. The van der Waals surface area contributed by atoms with Gasteiger partial charge >= 0.3 is 0 Å². The van der Waals surface area contributed by atoms with Gasteiger partial charge in [0.1, 0.15) is 11.3 Å². The third-order valence-corrected chi connectivity index (χ3v) is 5.19. The summed E-state index contributed by atoms with van der Waals surface area (Å²) in [5.74, 6) is 0.716. The Kier molecular flexibility index (Phi) is 5.20. The number of rotatable bonds is 6. The van der Waals surface area contributed by atoms with Crippen LogP contribution in [0.5, 0.6) is 0 Å².